The van der Waals surface area contributed by atoms with E-state index in [4.69, 9.17) is 5.73 Å². The Morgan fingerprint density at radius 2 is 2.28 bits per heavy atom. The minimum absolute atomic E-state index is 0.145. The summed E-state index contributed by atoms with van der Waals surface area (Å²) in [5.74, 6) is 0.405. The van der Waals surface area contributed by atoms with E-state index in [0.717, 1.165) is 31.5 Å². The minimum Gasteiger partial charge on any atom is -0.327 e. The molecular weight excluding hydrogens is 227 g/mol. The Balaban J connectivity index is 1.94. The minimum atomic E-state index is -0.145. The Bertz CT molecular complexity index is 394. The maximum atomic E-state index is 13.1. The summed E-state index contributed by atoms with van der Waals surface area (Å²) in [6.07, 6.45) is 1.97. The lowest BCUT2D eigenvalue weighted by Gasteiger charge is -2.38. The highest BCUT2D eigenvalue weighted by Crippen LogP contribution is 2.19. The van der Waals surface area contributed by atoms with Crippen molar-refractivity contribution in [1.29, 1.82) is 0 Å². The first-order valence-corrected chi connectivity index (χ1v) is 6.80. The maximum Gasteiger partial charge on any atom is 0.123 e. The van der Waals surface area contributed by atoms with E-state index >= 15 is 0 Å². The van der Waals surface area contributed by atoms with Crippen LogP contribution in [0.2, 0.25) is 0 Å². The third-order valence-corrected chi connectivity index (χ3v) is 4.05. The van der Waals surface area contributed by atoms with E-state index < -0.39 is 0 Å². The molecule has 100 valence electrons. The summed E-state index contributed by atoms with van der Waals surface area (Å²) in [6, 6.07) is 7.70. The molecule has 3 heteroatoms. The number of nitrogens with zero attached hydrogens (tertiary/aromatic N) is 1. The number of hydrogen-bond acceptors (Lipinski definition) is 2. The molecule has 0 amide bonds. The van der Waals surface area contributed by atoms with Gasteiger partial charge in [-0.2, -0.15) is 0 Å². The second kappa shape index (κ2) is 5.81. The molecule has 0 radical (unpaired) electrons. The highest BCUT2D eigenvalue weighted by Gasteiger charge is 2.25. The van der Waals surface area contributed by atoms with Crippen molar-refractivity contribution >= 4 is 0 Å². The molecule has 2 nitrogen and oxygen atoms in total. The number of piperidine rings is 1. The third-order valence-electron chi connectivity index (χ3n) is 4.05. The van der Waals surface area contributed by atoms with Crippen molar-refractivity contribution in [2.45, 2.75) is 38.8 Å². The second-order valence-corrected chi connectivity index (χ2v) is 5.61. The van der Waals surface area contributed by atoms with E-state index in [1.54, 1.807) is 12.1 Å². The molecule has 0 bridgehead atoms. The van der Waals surface area contributed by atoms with E-state index in [2.05, 4.69) is 18.7 Å². The normalized spacial score (nSPS) is 27.1. The summed E-state index contributed by atoms with van der Waals surface area (Å²) < 4.78 is 13.1. The van der Waals surface area contributed by atoms with Crippen molar-refractivity contribution in [2.75, 3.05) is 13.1 Å². The van der Waals surface area contributed by atoms with Gasteiger partial charge in [0.1, 0.15) is 5.82 Å². The summed E-state index contributed by atoms with van der Waals surface area (Å²) in [5.41, 5.74) is 7.11. The van der Waals surface area contributed by atoms with Crippen molar-refractivity contribution in [1.82, 2.24) is 4.90 Å². The van der Waals surface area contributed by atoms with Crippen molar-refractivity contribution in [2.24, 2.45) is 11.7 Å². The molecule has 0 saturated carbocycles. The van der Waals surface area contributed by atoms with Crippen molar-refractivity contribution in [3.8, 4) is 0 Å². The number of rotatable bonds is 3. The van der Waals surface area contributed by atoms with Gasteiger partial charge in [0.2, 0.25) is 0 Å². The first-order valence-electron chi connectivity index (χ1n) is 6.80. The molecular formula is C15H23FN2. The van der Waals surface area contributed by atoms with Gasteiger partial charge in [-0.15, -0.1) is 0 Å². The monoisotopic (exact) mass is 250 g/mol. The Labute approximate surface area is 109 Å². The highest BCUT2D eigenvalue weighted by molar-refractivity contribution is 5.17. The Hall–Kier alpha value is -0.930. The molecule has 18 heavy (non-hydrogen) atoms. The number of hydrogen-bond donors (Lipinski definition) is 1. The Kier molecular flexibility index (Phi) is 4.36. The summed E-state index contributed by atoms with van der Waals surface area (Å²) in [6.45, 7) is 6.54. The van der Waals surface area contributed by atoms with Gasteiger partial charge in [-0.05, 0) is 49.9 Å². The fourth-order valence-corrected chi connectivity index (χ4v) is 2.73. The molecule has 2 N–H and O–H groups in total. The van der Waals surface area contributed by atoms with Gasteiger partial charge in [-0.25, -0.2) is 4.39 Å². The molecule has 1 fully saturated rings. The Morgan fingerprint density at radius 3 is 2.94 bits per heavy atom. The van der Waals surface area contributed by atoms with Crippen LogP contribution in [-0.4, -0.2) is 30.1 Å². The standard InChI is InChI=1S/C15H23FN2/c1-11-10-18(7-6-15(11)17)12(2)8-13-4-3-5-14(16)9-13/h3-5,9,11-12,15H,6-8,10,17H2,1-2H3. The first kappa shape index (κ1) is 13.5. The van der Waals surface area contributed by atoms with Gasteiger partial charge < -0.3 is 5.73 Å². The highest BCUT2D eigenvalue weighted by atomic mass is 19.1. The Morgan fingerprint density at radius 1 is 1.50 bits per heavy atom. The van der Waals surface area contributed by atoms with Gasteiger partial charge in [0.15, 0.2) is 0 Å². The fraction of sp³-hybridized carbons (Fsp3) is 0.600. The number of halogens is 1. The fourth-order valence-electron chi connectivity index (χ4n) is 2.73. The van der Waals surface area contributed by atoms with Crippen LogP contribution in [0.5, 0.6) is 0 Å². The quantitative estimate of drug-likeness (QED) is 0.892. The molecule has 1 saturated heterocycles. The van der Waals surface area contributed by atoms with Crippen LogP contribution in [0.3, 0.4) is 0 Å². The smallest absolute Gasteiger partial charge is 0.123 e. The summed E-state index contributed by atoms with van der Waals surface area (Å²) in [5, 5.41) is 0. The second-order valence-electron chi connectivity index (χ2n) is 5.61. The van der Waals surface area contributed by atoms with Crippen LogP contribution in [0.25, 0.3) is 0 Å². The predicted octanol–water partition coefficient (Wildman–Crippen LogP) is 2.43. The summed E-state index contributed by atoms with van der Waals surface area (Å²) in [4.78, 5) is 2.47. The van der Waals surface area contributed by atoms with E-state index in [0.29, 0.717) is 18.0 Å². The lowest BCUT2D eigenvalue weighted by molar-refractivity contribution is 0.123. The molecule has 1 aliphatic heterocycles. The van der Waals surface area contributed by atoms with Crippen LogP contribution < -0.4 is 5.73 Å². The first-order chi connectivity index (χ1) is 8.56. The molecule has 1 aromatic rings. The van der Waals surface area contributed by atoms with Crippen LogP contribution >= 0.6 is 0 Å². The molecule has 3 atom stereocenters. The van der Waals surface area contributed by atoms with Gasteiger partial charge in [0, 0.05) is 18.6 Å². The van der Waals surface area contributed by atoms with Crippen LogP contribution in [0, 0.1) is 11.7 Å². The third kappa shape index (κ3) is 3.30. The zero-order valence-corrected chi connectivity index (χ0v) is 11.3. The van der Waals surface area contributed by atoms with Gasteiger partial charge in [-0.3, -0.25) is 4.90 Å². The number of benzene rings is 1. The average molecular weight is 250 g/mol. The van der Waals surface area contributed by atoms with E-state index in [1.807, 2.05) is 6.07 Å². The number of likely N-dealkylation sites (tertiary alicyclic amines) is 1. The zero-order chi connectivity index (χ0) is 13.1. The maximum absolute atomic E-state index is 13.1. The van der Waals surface area contributed by atoms with Gasteiger partial charge in [0.05, 0.1) is 0 Å². The van der Waals surface area contributed by atoms with Crippen molar-refractivity contribution in [3.05, 3.63) is 35.6 Å². The molecule has 1 aromatic carbocycles. The van der Waals surface area contributed by atoms with Crippen LogP contribution in [0.1, 0.15) is 25.8 Å². The van der Waals surface area contributed by atoms with Crippen molar-refractivity contribution < 1.29 is 4.39 Å². The largest absolute Gasteiger partial charge is 0.327 e. The molecule has 1 heterocycles. The molecule has 0 spiro atoms. The van der Waals surface area contributed by atoms with Crippen LogP contribution in [-0.2, 0) is 6.42 Å². The van der Waals surface area contributed by atoms with E-state index in [-0.39, 0.29) is 5.82 Å². The van der Waals surface area contributed by atoms with E-state index in [1.165, 1.54) is 6.07 Å². The predicted molar refractivity (Wildman–Crippen MR) is 72.9 cm³/mol. The van der Waals surface area contributed by atoms with E-state index in [9.17, 15) is 4.39 Å². The lowest BCUT2D eigenvalue weighted by Crippen LogP contribution is -2.49. The molecule has 0 aliphatic carbocycles. The van der Waals surface area contributed by atoms with Gasteiger partial charge in [-0.1, -0.05) is 19.1 Å². The zero-order valence-electron chi connectivity index (χ0n) is 11.3. The van der Waals surface area contributed by atoms with Crippen molar-refractivity contribution in [3.63, 3.8) is 0 Å². The number of nitrogens with two attached hydrogens (primary N) is 1. The summed E-state index contributed by atoms with van der Waals surface area (Å²) in [7, 11) is 0. The molecule has 3 unspecified atom stereocenters. The van der Waals surface area contributed by atoms with Crippen LogP contribution in [0.4, 0.5) is 4.39 Å². The van der Waals surface area contributed by atoms with Gasteiger partial charge >= 0.3 is 0 Å². The average Bonchev–Trinajstić information content (AvgIpc) is 2.32. The SMILES string of the molecule is CC1CN(C(C)Cc2cccc(F)c2)CCC1N. The molecule has 1 aliphatic rings. The lowest BCUT2D eigenvalue weighted by atomic mass is 9.93. The van der Waals surface area contributed by atoms with Gasteiger partial charge in [0.25, 0.3) is 0 Å². The summed E-state index contributed by atoms with van der Waals surface area (Å²) >= 11 is 0. The molecule has 2 rings (SSSR count). The van der Waals surface area contributed by atoms with Crippen LogP contribution in [0.15, 0.2) is 24.3 Å². The topological polar surface area (TPSA) is 29.3 Å². The molecule has 0 aromatic heterocycles.